The number of phenols is 1. The molecule has 0 aliphatic heterocycles. The molecule has 0 unspecified atom stereocenters. The van der Waals surface area contributed by atoms with Crippen molar-refractivity contribution in [3.05, 3.63) is 34.3 Å². The summed E-state index contributed by atoms with van der Waals surface area (Å²) in [6.07, 6.45) is 1.89. The average Bonchev–Trinajstić information content (AvgIpc) is 2.77. The molecule has 0 bridgehead atoms. The van der Waals surface area contributed by atoms with Crippen molar-refractivity contribution >= 4 is 34.7 Å². The van der Waals surface area contributed by atoms with Crippen LogP contribution < -0.4 is 5.32 Å². The molecule has 0 spiro atoms. The molecule has 0 fully saturated rings. The van der Waals surface area contributed by atoms with Crippen molar-refractivity contribution in [3.63, 3.8) is 0 Å². The van der Waals surface area contributed by atoms with Crippen LogP contribution in [0.3, 0.4) is 0 Å². The van der Waals surface area contributed by atoms with Gasteiger partial charge in [0.15, 0.2) is 0 Å². The van der Waals surface area contributed by atoms with Gasteiger partial charge in [-0.25, -0.2) is 4.98 Å². The molecule has 2 aromatic rings. The zero-order valence-corrected chi connectivity index (χ0v) is 11.6. The maximum atomic E-state index is 12.0. The van der Waals surface area contributed by atoms with Gasteiger partial charge in [0, 0.05) is 4.90 Å². The Kier molecular flexibility index (Phi) is 3.88. The molecule has 4 nitrogen and oxygen atoms in total. The Morgan fingerprint density at radius 1 is 1.50 bits per heavy atom. The summed E-state index contributed by atoms with van der Waals surface area (Å²) in [4.78, 5) is 17.5. The number of phenolic OH excluding ortho intramolecular Hbond substituents is 1. The number of hydrogen-bond acceptors (Lipinski definition) is 5. The fourth-order valence-electron chi connectivity index (χ4n) is 1.48. The van der Waals surface area contributed by atoms with E-state index in [1.807, 2.05) is 6.26 Å². The first-order chi connectivity index (χ1) is 8.61. The molecule has 2 N–H and O–H groups in total. The minimum absolute atomic E-state index is 0.170. The first-order valence-corrected chi connectivity index (χ1v) is 7.30. The number of nitrogens with zero attached hydrogens (tertiary/aromatic N) is 1. The molecule has 6 heteroatoms. The van der Waals surface area contributed by atoms with Crippen LogP contribution in [0.1, 0.15) is 15.4 Å². The van der Waals surface area contributed by atoms with Gasteiger partial charge in [-0.2, -0.15) is 0 Å². The molecule has 94 valence electrons. The standard InChI is InChI=1S/C12H12N2O2S2/c1-7-11(18-6-13-7)12(16)14-9-4-3-8(15)5-10(9)17-2/h3-6,15H,1-2H3,(H,14,16). The van der Waals surface area contributed by atoms with Gasteiger partial charge in [-0.05, 0) is 31.4 Å². The van der Waals surface area contributed by atoms with Crippen LogP contribution in [-0.2, 0) is 0 Å². The average molecular weight is 280 g/mol. The predicted molar refractivity (Wildman–Crippen MR) is 74.7 cm³/mol. The second kappa shape index (κ2) is 5.41. The van der Waals surface area contributed by atoms with Gasteiger partial charge < -0.3 is 10.4 Å². The largest absolute Gasteiger partial charge is 0.508 e. The second-order valence-corrected chi connectivity index (χ2v) is 5.31. The maximum Gasteiger partial charge on any atom is 0.267 e. The van der Waals surface area contributed by atoms with Crippen LogP contribution in [-0.4, -0.2) is 22.3 Å². The van der Waals surface area contributed by atoms with E-state index in [1.54, 1.807) is 30.6 Å². The van der Waals surface area contributed by atoms with Gasteiger partial charge >= 0.3 is 0 Å². The van der Waals surface area contributed by atoms with E-state index in [1.165, 1.54) is 23.1 Å². The third-order valence-electron chi connectivity index (χ3n) is 2.39. The lowest BCUT2D eigenvalue weighted by Crippen LogP contribution is -2.12. The zero-order chi connectivity index (χ0) is 13.1. The predicted octanol–water partition coefficient (Wildman–Crippen LogP) is 3.13. The molecule has 0 saturated carbocycles. The number of anilines is 1. The summed E-state index contributed by atoms with van der Waals surface area (Å²) >= 11 is 2.78. The Hall–Kier alpha value is -1.53. The highest BCUT2D eigenvalue weighted by molar-refractivity contribution is 7.98. The van der Waals surface area contributed by atoms with Crippen LogP contribution in [0.2, 0.25) is 0 Å². The number of rotatable bonds is 3. The summed E-state index contributed by atoms with van der Waals surface area (Å²) in [5, 5.41) is 12.2. The molecule has 1 heterocycles. The summed E-state index contributed by atoms with van der Waals surface area (Å²) in [5.74, 6) is 0.0160. The summed E-state index contributed by atoms with van der Waals surface area (Å²) in [5.41, 5.74) is 3.07. The number of carbonyl (C=O) groups is 1. The van der Waals surface area contributed by atoms with E-state index in [9.17, 15) is 9.90 Å². The molecular formula is C12H12N2O2S2. The quantitative estimate of drug-likeness (QED) is 0.670. The summed E-state index contributed by atoms with van der Waals surface area (Å²) in [6, 6.07) is 4.87. The number of hydrogen-bond donors (Lipinski definition) is 2. The SMILES string of the molecule is CSc1cc(O)ccc1NC(=O)c1scnc1C. The molecule has 0 radical (unpaired) electrons. The monoisotopic (exact) mass is 280 g/mol. The second-order valence-electron chi connectivity index (χ2n) is 3.61. The number of nitrogens with one attached hydrogen (secondary N) is 1. The van der Waals surface area contributed by atoms with Gasteiger partial charge in [0.2, 0.25) is 0 Å². The summed E-state index contributed by atoms with van der Waals surface area (Å²) < 4.78 is 0. The fourth-order valence-corrected chi connectivity index (χ4v) is 2.76. The smallest absolute Gasteiger partial charge is 0.267 e. The topological polar surface area (TPSA) is 62.2 Å². The molecular weight excluding hydrogens is 268 g/mol. The van der Waals surface area contributed by atoms with E-state index in [0.29, 0.717) is 10.6 Å². The van der Waals surface area contributed by atoms with E-state index >= 15 is 0 Å². The van der Waals surface area contributed by atoms with Crippen molar-refractivity contribution in [1.82, 2.24) is 4.98 Å². The lowest BCUT2D eigenvalue weighted by atomic mass is 10.3. The lowest BCUT2D eigenvalue weighted by Gasteiger charge is -2.09. The number of benzene rings is 1. The molecule has 0 saturated heterocycles. The van der Waals surface area contributed by atoms with Gasteiger partial charge in [-0.1, -0.05) is 0 Å². The van der Waals surface area contributed by atoms with Crippen molar-refractivity contribution in [2.75, 3.05) is 11.6 Å². The number of carbonyl (C=O) groups excluding carboxylic acids is 1. The highest BCUT2D eigenvalue weighted by Gasteiger charge is 2.13. The normalized spacial score (nSPS) is 10.3. The summed E-state index contributed by atoms with van der Waals surface area (Å²) in [6.45, 7) is 1.80. The number of amides is 1. The summed E-state index contributed by atoms with van der Waals surface area (Å²) in [7, 11) is 0. The minimum atomic E-state index is -0.170. The van der Waals surface area contributed by atoms with Crippen molar-refractivity contribution in [3.8, 4) is 5.75 Å². The highest BCUT2D eigenvalue weighted by atomic mass is 32.2. The highest BCUT2D eigenvalue weighted by Crippen LogP contribution is 2.29. The van der Waals surface area contributed by atoms with Crippen molar-refractivity contribution < 1.29 is 9.90 Å². The Labute approximate surface area is 113 Å². The minimum Gasteiger partial charge on any atom is -0.508 e. The Bertz CT molecular complexity index is 581. The number of thiazole rings is 1. The molecule has 1 amide bonds. The van der Waals surface area contributed by atoms with Crippen LogP contribution >= 0.6 is 23.1 Å². The molecule has 0 aliphatic carbocycles. The Morgan fingerprint density at radius 3 is 2.89 bits per heavy atom. The van der Waals surface area contributed by atoms with Crippen molar-refractivity contribution in [2.24, 2.45) is 0 Å². The molecule has 1 aromatic carbocycles. The molecule has 0 aliphatic rings. The number of aromatic hydroxyl groups is 1. The lowest BCUT2D eigenvalue weighted by molar-refractivity contribution is 0.102. The van der Waals surface area contributed by atoms with Crippen molar-refractivity contribution in [2.45, 2.75) is 11.8 Å². The number of aryl methyl sites for hydroxylation is 1. The van der Waals surface area contributed by atoms with Crippen LogP contribution in [0.15, 0.2) is 28.6 Å². The first-order valence-electron chi connectivity index (χ1n) is 5.20. The molecule has 18 heavy (non-hydrogen) atoms. The van der Waals surface area contributed by atoms with Gasteiger partial charge in [-0.3, -0.25) is 4.79 Å². The third-order valence-corrected chi connectivity index (χ3v) is 4.09. The van der Waals surface area contributed by atoms with E-state index in [0.717, 1.165) is 10.6 Å². The van der Waals surface area contributed by atoms with Crippen molar-refractivity contribution in [1.29, 1.82) is 0 Å². The first kappa shape index (κ1) is 12.9. The van der Waals surface area contributed by atoms with Gasteiger partial charge in [0.25, 0.3) is 5.91 Å². The van der Waals surface area contributed by atoms with Gasteiger partial charge in [0.1, 0.15) is 10.6 Å². The van der Waals surface area contributed by atoms with E-state index in [2.05, 4.69) is 10.3 Å². The molecule has 0 atom stereocenters. The van der Waals surface area contributed by atoms with Crippen LogP contribution in [0, 0.1) is 6.92 Å². The molecule has 2 rings (SSSR count). The third kappa shape index (κ3) is 2.65. The van der Waals surface area contributed by atoms with Crippen LogP contribution in [0.5, 0.6) is 5.75 Å². The maximum absolute atomic E-state index is 12.0. The number of aromatic nitrogens is 1. The van der Waals surface area contributed by atoms with Crippen LogP contribution in [0.25, 0.3) is 0 Å². The Morgan fingerprint density at radius 2 is 2.28 bits per heavy atom. The van der Waals surface area contributed by atoms with Gasteiger partial charge in [-0.15, -0.1) is 23.1 Å². The van der Waals surface area contributed by atoms with Gasteiger partial charge in [0.05, 0.1) is 16.9 Å². The van der Waals surface area contributed by atoms with Crippen LogP contribution in [0.4, 0.5) is 5.69 Å². The molecule has 1 aromatic heterocycles. The fraction of sp³-hybridized carbons (Fsp3) is 0.167. The zero-order valence-electron chi connectivity index (χ0n) is 9.93. The van der Waals surface area contributed by atoms with E-state index in [-0.39, 0.29) is 11.7 Å². The van der Waals surface area contributed by atoms with E-state index in [4.69, 9.17) is 0 Å². The number of thioether (sulfide) groups is 1. The van der Waals surface area contributed by atoms with E-state index < -0.39 is 0 Å². The Balaban J connectivity index is 2.24.